The van der Waals surface area contributed by atoms with Gasteiger partial charge in [-0.3, -0.25) is 14.4 Å². The Balaban J connectivity index is 1.60. The third kappa shape index (κ3) is 3.94. The normalized spacial score (nSPS) is 41.8. The fourth-order valence-electron chi connectivity index (χ4n) is 8.71. The molecule has 6 heteroatoms. The molecule has 2 N–H and O–H groups in total. The summed E-state index contributed by atoms with van der Waals surface area (Å²) in [7, 11) is 1.39. The van der Waals surface area contributed by atoms with E-state index in [0.29, 0.717) is 31.1 Å². The van der Waals surface area contributed by atoms with Crippen LogP contribution in [0.4, 0.5) is 0 Å². The first-order chi connectivity index (χ1) is 16.7. The molecule has 36 heavy (non-hydrogen) atoms. The van der Waals surface area contributed by atoms with E-state index in [0.717, 1.165) is 42.4 Å². The van der Waals surface area contributed by atoms with Crippen molar-refractivity contribution in [1.29, 1.82) is 0 Å². The largest absolute Gasteiger partial charge is 0.469 e. The highest BCUT2D eigenvalue weighted by atomic mass is 16.5. The molecular weight excluding hydrogens is 456 g/mol. The van der Waals surface area contributed by atoms with Crippen LogP contribution in [0.15, 0.2) is 23.3 Å². The molecule has 4 aliphatic carbocycles. The molecule has 0 aromatic rings. The minimum Gasteiger partial charge on any atom is -0.469 e. The Morgan fingerprint density at radius 2 is 1.86 bits per heavy atom. The number of aliphatic hydroxyl groups excluding tert-OH is 1. The summed E-state index contributed by atoms with van der Waals surface area (Å²) in [4.78, 5) is 38.4. The van der Waals surface area contributed by atoms with E-state index in [1.165, 1.54) is 7.11 Å². The van der Waals surface area contributed by atoms with Crippen LogP contribution in [0.25, 0.3) is 0 Å². The first-order valence-electron chi connectivity index (χ1n) is 13.7. The summed E-state index contributed by atoms with van der Waals surface area (Å²) in [6, 6.07) is 0. The zero-order chi connectivity index (χ0) is 26.8. The highest BCUT2D eigenvalue weighted by Crippen LogP contribution is 2.65. The lowest BCUT2D eigenvalue weighted by molar-refractivity contribution is -0.160. The number of carbonyl (C=O) groups is 3. The number of Topliss-reactive ketones (excluding diaryl/α,β-unsaturated/α-hetero) is 2. The van der Waals surface area contributed by atoms with E-state index in [1.807, 2.05) is 13.8 Å². The number of hydrogen-bond donors (Lipinski definition) is 2. The number of ether oxygens (including phenoxy) is 1. The second-order valence-electron chi connectivity index (χ2n) is 12.9. The molecule has 6 nitrogen and oxygen atoms in total. The van der Waals surface area contributed by atoms with Gasteiger partial charge in [-0.15, -0.1) is 0 Å². The molecule has 200 valence electrons. The Hall–Kier alpha value is -1.79. The molecule has 0 amide bonds. The SMILES string of the molecule is C=C(CC[C@@H](C)[C@H]1CC[C@H]2C3=C(C(=O)C[C@]12C)[C@@]1(C)CCC(=O)[C@](C)(O)[C@@H]1C[C@@H]3O)[C@H](C)C(=O)OC. The van der Waals surface area contributed by atoms with Crippen molar-refractivity contribution in [2.24, 2.45) is 40.4 Å². The molecule has 4 rings (SSSR count). The monoisotopic (exact) mass is 500 g/mol. The maximum absolute atomic E-state index is 13.9. The van der Waals surface area contributed by atoms with Crippen molar-refractivity contribution >= 4 is 17.5 Å². The predicted molar refractivity (Wildman–Crippen MR) is 137 cm³/mol. The van der Waals surface area contributed by atoms with E-state index in [1.54, 1.807) is 6.92 Å². The topological polar surface area (TPSA) is 101 Å². The summed E-state index contributed by atoms with van der Waals surface area (Å²) in [6.07, 6.45) is 4.32. The molecule has 0 aromatic carbocycles. The van der Waals surface area contributed by atoms with Gasteiger partial charge in [0.05, 0.1) is 19.1 Å². The number of methoxy groups -OCH3 is 1. The van der Waals surface area contributed by atoms with E-state index >= 15 is 0 Å². The average Bonchev–Trinajstić information content (AvgIpc) is 3.16. The number of carbonyl (C=O) groups excluding carboxylic acids is 3. The lowest BCUT2D eigenvalue weighted by atomic mass is 9.47. The smallest absolute Gasteiger partial charge is 0.312 e. The van der Waals surface area contributed by atoms with E-state index < -0.39 is 23.0 Å². The summed E-state index contributed by atoms with van der Waals surface area (Å²) < 4.78 is 4.86. The van der Waals surface area contributed by atoms with Gasteiger partial charge in [-0.05, 0) is 81.1 Å². The van der Waals surface area contributed by atoms with Gasteiger partial charge in [-0.25, -0.2) is 0 Å². The molecule has 0 spiro atoms. The lowest BCUT2D eigenvalue weighted by Gasteiger charge is -2.57. The van der Waals surface area contributed by atoms with E-state index in [9.17, 15) is 24.6 Å². The Bertz CT molecular complexity index is 1010. The summed E-state index contributed by atoms with van der Waals surface area (Å²) in [6.45, 7) is 14.0. The second-order valence-corrected chi connectivity index (χ2v) is 12.9. The molecule has 4 aliphatic rings. The quantitative estimate of drug-likeness (QED) is 0.409. The number of hydrogen-bond acceptors (Lipinski definition) is 6. The third-order valence-electron chi connectivity index (χ3n) is 10.9. The Morgan fingerprint density at radius 1 is 1.19 bits per heavy atom. The van der Waals surface area contributed by atoms with Gasteiger partial charge in [-0.2, -0.15) is 0 Å². The number of esters is 1. The van der Waals surface area contributed by atoms with Crippen LogP contribution in [0, 0.1) is 40.4 Å². The van der Waals surface area contributed by atoms with Gasteiger partial charge in [-0.1, -0.05) is 32.9 Å². The Labute approximate surface area is 215 Å². The Kier molecular flexibility index (Phi) is 6.96. The molecule has 0 radical (unpaired) electrons. The van der Waals surface area contributed by atoms with Gasteiger partial charge >= 0.3 is 5.97 Å². The summed E-state index contributed by atoms with van der Waals surface area (Å²) in [5, 5.41) is 22.5. The van der Waals surface area contributed by atoms with E-state index in [4.69, 9.17) is 4.74 Å². The van der Waals surface area contributed by atoms with Crippen molar-refractivity contribution in [3.8, 4) is 0 Å². The van der Waals surface area contributed by atoms with Crippen LogP contribution in [0.5, 0.6) is 0 Å². The molecule has 2 saturated carbocycles. The molecule has 0 saturated heterocycles. The van der Waals surface area contributed by atoms with Crippen LogP contribution in [0.1, 0.15) is 86.0 Å². The second kappa shape index (κ2) is 9.20. The maximum atomic E-state index is 13.9. The van der Waals surface area contributed by atoms with E-state index in [-0.39, 0.29) is 41.2 Å². The Morgan fingerprint density at radius 3 is 2.50 bits per heavy atom. The van der Waals surface area contributed by atoms with Crippen molar-refractivity contribution < 1.29 is 29.3 Å². The fraction of sp³-hybridized carbons (Fsp3) is 0.767. The van der Waals surface area contributed by atoms with Crippen LogP contribution < -0.4 is 0 Å². The minimum atomic E-state index is -1.52. The number of fused-ring (bicyclic) bond motifs is 4. The van der Waals surface area contributed by atoms with Gasteiger partial charge in [0, 0.05) is 29.7 Å². The van der Waals surface area contributed by atoms with Crippen molar-refractivity contribution in [3.05, 3.63) is 23.3 Å². The fourth-order valence-corrected chi connectivity index (χ4v) is 8.71. The van der Waals surface area contributed by atoms with Crippen molar-refractivity contribution in [1.82, 2.24) is 0 Å². The highest BCUT2D eigenvalue weighted by Gasteiger charge is 2.64. The van der Waals surface area contributed by atoms with Gasteiger partial charge in [0.1, 0.15) is 5.60 Å². The first kappa shape index (κ1) is 27.3. The highest BCUT2D eigenvalue weighted by molar-refractivity contribution is 6.00. The zero-order valence-corrected chi connectivity index (χ0v) is 22.9. The average molecular weight is 501 g/mol. The van der Waals surface area contributed by atoms with Gasteiger partial charge in [0.15, 0.2) is 11.6 Å². The van der Waals surface area contributed by atoms with Crippen molar-refractivity contribution in [2.45, 2.75) is 97.7 Å². The van der Waals surface area contributed by atoms with Gasteiger partial charge < -0.3 is 14.9 Å². The van der Waals surface area contributed by atoms with Crippen LogP contribution in [0.3, 0.4) is 0 Å². The van der Waals surface area contributed by atoms with Gasteiger partial charge in [0.2, 0.25) is 0 Å². The molecule has 0 heterocycles. The number of allylic oxidation sites excluding steroid dienone is 1. The number of rotatable bonds is 6. The summed E-state index contributed by atoms with van der Waals surface area (Å²) in [5.41, 5.74) is 0.145. The van der Waals surface area contributed by atoms with Crippen LogP contribution >= 0.6 is 0 Å². The molecule has 0 unspecified atom stereocenters. The van der Waals surface area contributed by atoms with Crippen molar-refractivity contribution in [2.75, 3.05) is 7.11 Å². The van der Waals surface area contributed by atoms with Crippen LogP contribution in [-0.2, 0) is 19.1 Å². The molecule has 2 fully saturated rings. The van der Waals surface area contributed by atoms with Crippen molar-refractivity contribution in [3.63, 3.8) is 0 Å². The zero-order valence-electron chi connectivity index (χ0n) is 22.9. The number of ketones is 2. The van der Waals surface area contributed by atoms with Gasteiger partial charge in [0.25, 0.3) is 0 Å². The lowest BCUT2D eigenvalue weighted by Crippen LogP contribution is -2.60. The maximum Gasteiger partial charge on any atom is 0.312 e. The minimum absolute atomic E-state index is 0.0861. The predicted octanol–water partition coefficient (Wildman–Crippen LogP) is 4.57. The molecule has 0 aliphatic heterocycles. The molecular formula is C30H44O6. The standard InChI is InChI=1S/C30H44O6/c1-16(18(3)27(34)36-7)8-9-17(2)19-10-11-20-25-21(31)14-23-28(4,13-12-24(33)30(23,6)35)26(25)22(32)15-29(19,20)5/h17-21,23,31,35H,1,8-15H2,2-7H3/t17-,18+,19-,20+,21+,23-,28+,29-,30-/m1/s1. The molecule has 9 atom stereocenters. The van der Waals surface area contributed by atoms with Crippen LogP contribution in [0.2, 0.25) is 0 Å². The number of aliphatic hydroxyl groups is 2. The molecule has 0 bridgehead atoms. The van der Waals surface area contributed by atoms with Crippen LogP contribution in [-0.4, -0.2) is 46.6 Å². The molecule has 0 aromatic heterocycles. The summed E-state index contributed by atoms with van der Waals surface area (Å²) >= 11 is 0. The third-order valence-corrected chi connectivity index (χ3v) is 10.9. The first-order valence-corrected chi connectivity index (χ1v) is 13.7. The van der Waals surface area contributed by atoms with E-state index in [2.05, 4.69) is 20.4 Å². The summed E-state index contributed by atoms with van der Waals surface area (Å²) in [5.74, 6) is -0.347.